The van der Waals surface area contributed by atoms with E-state index < -0.39 is 0 Å². The topological polar surface area (TPSA) is 9.23 Å². The van der Waals surface area contributed by atoms with Gasteiger partial charge in [0, 0.05) is 10.9 Å². The highest BCUT2D eigenvalue weighted by Gasteiger charge is 2.22. The molecule has 8 aromatic rings. The summed E-state index contributed by atoms with van der Waals surface area (Å²) in [6.45, 7) is 0. The SMILES string of the molecule is c1ccc(-c2c(-c3ccc(-c4ccc5c6c(cccc46)-c4ccccc4O5)cc3)c3ccccc3c3ccccc23)cc1. The maximum atomic E-state index is 6.35. The molecule has 0 saturated heterocycles. The van der Waals surface area contributed by atoms with E-state index in [1.807, 2.05) is 12.1 Å². The molecule has 0 radical (unpaired) electrons. The fraction of sp³-hybridized carbons (Fsp3) is 0. The standard InChI is InChI=1S/C42H26O/c1-2-11-28(12-3-1)40-35-16-6-4-13-31(35)32-14-5-7-17-36(32)41(40)29-23-21-27(22-24-29)30-25-26-39-42-34(30)18-10-19-37(42)33-15-8-9-20-38(33)43-39/h1-26H. The van der Waals surface area contributed by atoms with Gasteiger partial charge in [0.2, 0.25) is 0 Å². The predicted molar refractivity (Wildman–Crippen MR) is 181 cm³/mol. The third kappa shape index (κ3) is 3.65. The molecule has 9 rings (SSSR count). The summed E-state index contributed by atoms with van der Waals surface area (Å²) in [5.74, 6) is 1.83. The van der Waals surface area contributed by atoms with Crippen molar-refractivity contribution in [2.45, 2.75) is 0 Å². The summed E-state index contributed by atoms with van der Waals surface area (Å²) in [6, 6.07) is 56.7. The van der Waals surface area contributed by atoms with Gasteiger partial charge in [0.25, 0.3) is 0 Å². The highest BCUT2D eigenvalue weighted by atomic mass is 16.5. The molecule has 0 aromatic heterocycles. The van der Waals surface area contributed by atoms with Crippen LogP contribution in [0, 0.1) is 0 Å². The summed E-state index contributed by atoms with van der Waals surface area (Å²) >= 11 is 0. The van der Waals surface area contributed by atoms with Crippen LogP contribution in [0.25, 0.3) is 76.8 Å². The van der Waals surface area contributed by atoms with Gasteiger partial charge < -0.3 is 4.74 Å². The van der Waals surface area contributed by atoms with E-state index in [2.05, 4.69) is 146 Å². The summed E-state index contributed by atoms with van der Waals surface area (Å²) in [5.41, 5.74) is 9.76. The fourth-order valence-electron chi connectivity index (χ4n) is 6.99. The van der Waals surface area contributed by atoms with Crippen LogP contribution in [0.2, 0.25) is 0 Å². The predicted octanol–water partition coefficient (Wildman–Crippen LogP) is 11.9. The summed E-state index contributed by atoms with van der Waals surface area (Å²) in [4.78, 5) is 0. The van der Waals surface area contributed by atoms with Crippen LogP contribution >= 0.6 is 0 Å². The van der Waals surface area contributed by atoms with Crippen molar-refractivity contribution in [3.8, 4) is 56.0 Å². The van der Waals surface area contributed by atoms with Gasteiger partial charge in [-0.25, -0.2) is 0 Å². The second-order valence-corrected chi connectivity index (χ2v) is 11.2. The third-order valence-electron chi connectivity index (χ3n) is 8.88. The zero-order chi connectivity index (χ0) is 28.3. The largest absolute Gasteiger partial charge is 0.456 e. The van der Waals surface area contributed by atoms with Gasteiger partial charge in [0.1, 0.15) is 11.5 Å². The van der Waals surface area contributed by atoms with Crippen molar-refractivity contribution in [3.05, 3.63) is 158 Å². The van der Waals surface area contributed by atoms with E-state index in [0.717, 1.165) is 17.1 Å². The zero-order valence-corrected chi connectivity index (χ0v) is 23.4. The van der Waals surface area contributed by atoms with E-state index in [9.17, 15) is 0 Å². The molecule has 200 valence electrons. The average molecular weight is 547 g/mol. The van der Waals surface area contributed by atoms with Crippen molar-refractivity contribution < 1.29 is 4.74 Å². The van der Waals surface area contributed by atoms with Crippen molar-refractivity contribution in [2.75, 3.05) is 0 Å². The lowest BCUT2D eigenvalue weighted by Gasteiger charge is -2.22. The summed E-state index contributed by atoms with van der Waals surface area (Å²) < 4.78 is 6.35. The van der Waals surface area contributed by atoms with Crippen LogP contribution in [0.4, 0.5) is 0 Å². The molecule has 0 atom stereocenters. The molecule has 1 aliphatic heterocycles. The minimum atomic E-state index is 0.913. The Morgan fingerprint density at radius 3 is 1.53 bits per heavy atom. The normalized spacial score (nSPS) is 11.9. The molecule has 1 aliphatic rings. The lowest BCUT2D eigenvalue weighted by molar-refractivity contribution is 0.487. The molecule has 1 heteroatoms. The Balaban J connectivity index is 1.26. The van der Waals surface area contributed by atoms with E-state index in [1.165, 1.54) is 71.3 Å². The van der Waals surface area contributed by atoms with Gasteiger partial charge in [-0.2, -0.15) is 0 Å². The average Bonchev–Trinajstić information content (AvgIpc) is 3.08. The van der Waals surface area contributed by atoms with Crippen molar-refractivity contribution in [2.24, 2.45) is 0 Å². The molecule has 8 aromatic carbocycles. The van der Waals surface area contributed by atoms with Gasteiger partial charge in [0.15, 0.2) is 0 Å². The minimum Gasteiger partial charge on any atom is -0.456 e. The maximum absolute atomic E-state index is 6.35. The van der Waals surface area contributed by atoms with Gasteiger partial charge in [-0.1, -0.05) is 146 Å². The molecule has 0 aliphatic carbocycles. The van der Waals surface area contributed by atoms with Crippen LogP contribution in [0.3, 0.4) is 0 Å². The number of hydrogen-bond acceptors (Lipinski definition) is 1. The Labute approximate surface area is 250 Å². The van der Waals surface area contributed by atoms with E-state index in [4.69, 9.17) is 4.74 Å². The Kier molecular flexibility index (Phi) is 5.27. The van der Waals surface area contributed by atoms with Crippen LogP contribution in [-0.2, 0) is 0 Å². The summed E-state index contributed by atoms with van der Waals surface area (Å²) in [6.07, 6.45) is 0. The molecule has 0 bridgehead atoms. The fourth-order valence-corrected chi connectivity index (χ4v) is 6.99. The molecule has 0 spiro atoms. The van der Waals surface area contributed by atoms with Crippen molar-refractivity contribution in [1.82, 2.24) is 0 Å². The number of benzene rings is 8. The Bertz CT molecular complexity index is 2350. The van der Waals surface area contributed by atoms with Crippen LogP contribution in [0.1, 0.15) is 0 Å². The highest BCUT2D eigenvalue weighted by Crippen LogP contribution is 2.49. The van der Waals surface area contributed by atoms with Gasteiger partial charge in [-0.05, 0) is 78.0 Å². The lowest BCUT2D eigenvalue weighted by atomic mass is 9.84. The highest BCUT2D eigenvalue weighted by molar-refractivity contribution is 6.21. The van der Waals surface area contributed by atoms with Crippen LogP contribution in [0.15, 0.2) is 158 Å². The van der Waals surface area contributed by atoms with Gasteiger partial charge in [0.05, 0.1) is 0 Å². The van der Waals surface area contributed by atoms with Gasteiger partial charge in [-0.15, -0.1) is 0 Å². The molecular formula is C42H26O. The number of ether oxygens (including phenoxy) is 1. The van der Waals surface area contributed by atoms with E-state index in [-0.39, 0.29) is 0 Å². The maximum Gasteiger partial charge on any atom is 0.135 e. The summed E-state index contributed by atoms with van der Waals surface area (Å²) in [7, 11) is 0. The van der Waals surface area contributed by atoms with Crippen LogP contribution < -0.4 is 4.74 Å². The Morgan fingerprint density at radius 1 is 0.279 bits per heavy atom. The molecule has 0 saturated carbocycles. The first-order valence-corrected chi connectivity index (χ1v) is 14.8. The van der Waals surface area contributed by atoms with Crippen molar-refractivity contribution in [3.63, 3.8) is 0 Å². The first-order valence-electron chi connectivity index (χ1n) is 14.8. The first kappa shape index (κ1) is 24.0. The minimum absolute atomic E-state index is 0.913. The molecular weight excluding hydrogens is 520 g/mol. The molecule has 0 amide bonds. The second kappa shape index (κ2) is 9.44. The zero-order valence-electron chi connectivity index (χ0n) is 23.4. The van der Waals surface area contributed by atoms with Crippen molar-refractivity contribution >= 4 is 32.3 Å². The van der Waals surface area contributed by atoms with Crippen LogP contribution in [-0.4, -0.2) is 0 Å². The van der Waals surface area contributed by atoms with E-state index in [1.54, 1.807) is 0 Å². The molecule has 43 heavy (non-hydrogen) atoms. The molecule has 0 fully saturated rings. The number of fused-ring (bicyclic) bond motifs is 5. The Morgan fingerprint density at radius 2 is 0.814 bits per heavy atom. The monoisotopic (exact) mass is 546 g/mol. The van der Waals surface area contributed by atoms with Crippen LogP contribution in [0.5, 0.6) is 11.5 Å². The molecule has 1 heterocycles. The first-order chi connectivity index (χ1) is 21.3. The molecule has 0 unspecified atom stereocenters. The number of para-hydroxylation sites is 1. The van der Waals surface area contributed by atoms with Crippen molar-refractivity contribution in [1.29, 1.82) is 0 Å². The van der Waals surface area contributed by atoms with Gasteiger partial charge >= 0.3 is 0 Å². The van der Waals surface area contributed by atoms with E-state index >= 15 is 0 Å². The second-order valence-electron chi connectivity index (χ2n) is 11.2. The Hall–Kier alpha value is -5.66. The summed E-state index contributed by atoms with van der Waals surface area (Å²) in [5, 5.41) is 7.49. The third-order valence-corrected chi connectivity index (χ3v) is 8.88. The van der Waals surface area contributed by atoms with E-state index in [0.29, 0.717) is 0 Å². The smallest absolute Gasteiger partial charge is 0.135 e. The van der Waals surface area contributed by atoms with Gasteiger partial charge in [-0.3, -0.25) is 0 Å². The number of hydrogen-bond donors (Lipinski definition) is 0. The number of rotatable bonds is 3. The quantitative estimate of drug-likeness (QED) is 0.200. The molecule has 0 N–H and O–H groups in total. The lowest BCUT2D eigenvalue weighted by Crippen LogP contribution is -1.97. The molecule has 1 nitrogen and oxygen atoms in total.